The Hall–Kier alpha value is -0.550. The maximum atomic E-state index is 5.85. The Labute approximate surface area is 100 Å². The first-order valence-corrected chi connectivity index (χ1v) is 5.74. The number of hydrogen-bond donors (Lipinski definition) is 2. The zero-order valence-electron chi connectivity index (χ0n) is 7.72. The summed E-state index contributed by atoms with van der Waals surface area (Å²) in [4.78, 5) is 0. The molecule has 0 saturated heterocycles. The zero-order chi connectivity index (χ0) is 10.6. The van der Waals surface area contributed by atoms with Gasteiger partial charge < -0.3 is 11.2 Å². The average molecular weight is 321 g/mol. The van der Waals surface area contributed by atoms with Crippen molar-refractivity contribution in [3.05, 3.63) is 26.6 Å². The van der Waals surface area contributed by atoms with Gasteiger partial charge in [-0.25, -0.2) is 0 Å². The molecule has 0 aliphatic carbocycles. The number of nitrogens with one attached hydrogen (secondary N) is 1. The quantitative estimate of drug-likeness (QED) is 0.511. The van der Waals surface area contributed by atoms with Crippen molar-refractivity contribution in [2.75, 3.05) is 12.3 Å². The molecule has 0 bridgehead atoms. The van der Waals surface area contributed by atoms with Crippen molar-refractivity contribution in [3.8, 4) is 0 Å². The third-order valence-corrected chi connectivity index (χ3v) is 2.69. The van der Waals surface area contributed by atoms with Gasteiger partial charge in [-0.3, -0.25) is 0 Å². The fourth-order valence-corrected chi connectivity index (χ4v) is 2.18. The number of benzene rings is 1. The van der Waals surface area contributed by atoms with Crippen LogP contribution in [0.2, 0.25) is 0 Å². The van der Waals surface area contributed by atoms with E-state index in [9.17, 15) is 0 Å². The van der Waals surface area contributed by atoms with Gasteiger partial charge in [0.15, 0.2) is 0 Å². The second-order valence-electron chi connectivity index (χ2n) is 2.66. The van der Waals surface area contributed by atoms with E-state index in [-0.39, 0.29) is 0 Å². The molecule has 1 rings (SSSR count). The Morgan fingerprint density at radius 2 is 2.21 bits per heavy atom. The summed E-state index contributed by atoms with van der Waals surface area (Å²) in [6.07, 6.45) is 1.70. The van der Waals surface area contributed by atoms with E-state index < -0.39 is 0 Å². The van der Waals surface area contributed by atoms with Crippen LogP contribution < -0.4 is 11.2 Å². The molecular formula is C9H11Br2N3. The van der Waals surface area contributed by atoms with Crippen molar-refractivity contribution < 1.29 is 0 Å². The van der Waals surface area contributed by atoms with E-state index >= 15 is 0 Å². The van der Waals surface area contributed by atoms with Crippen LogP contribution in [0.15, 0.2) is 26.2 Å². The van der Waals surface area contributed by atoms with Gasteiger partial charge in [-0.15, -0.1) is 0 Å². The third kappa shape index (κ3) is 2.99. The first-order chi connectivity index (χ1) is 6.65. The van der Waals surface area contributed by atoms with Crippen LogP contribution in [-0.2, 0) is 0 Å². The highest BCUT2D eigenvalue weighted by Gasteiger charge is 2.02. The van der Waals surface area contributed by atoms with Gasteiger partial charge in [0.1, 0.15) is 0 Å². The molecule has 0 aromatic heterocycles. The minimum Gasteiger partial charge on any atom is -0.397 e. The van der Waals surface area contributed by atoms with Gasteiger partial charge in [-0.2, -0.15) is 5.10 Å². The van der Waals surface area contributed by atoms with E-state index in [4.69, 9.17) is 5.73 Å². The summed E-state index contributed by atoms with van der Waals surface area (Å²) >= 11 is 6.76. The SMILES string of the molecule is CCNN=Cc1cc(Br)cc(Br)c1N. The Morgan fingerprint density at radius 3 is 2.86 bits per heavy atom. The molecule has 0 amide bonds. The molecule has 1 aromatic carbocycles. The Kier molecular flexibility index (Phi) is 4.41. The van der Waals surface area contributed by atoms with E-state index in [1.165, 1.54) is 0 Å². The Balaban J connectivity index is 2.96. The van der Waals surface area contributed by atoms with E-state index in [0.717, 1.165) is 21.1 Å². The minimum absolute atomic E-state index is 0.690. The number of halogens is 2. The summed E-state index contributed by atoms with van der Waals surface area (Å²) in [6, 6.07) is 3.82. The molecule has 0 saturated carbocycles. The molecule has 0 fully saturated rings. The van der Waals surface area contributed by atoms with Crippen molar-refractivity contribution in [3.63, 3.8) is 0 Å². The van der Waals surface area contributed by atoms with Gasteiger partial charge >= 0.3 is 0 Å². The summed E-state index contributed by atoms with van der Waals surface area (Å²) in [5, 5.41) is 4.01. The van der Waals surface area contributed by atoms with E-state index in [0.29, 0.717) is 5.69 Å². The smallest absolute Gasteiger partial charge is 0.0561 e. The van der Waals surface area contributed by atoms with Crippen molar-refractivity contribution in [1.29, 1.82) is 0 Å². The van der Waals surface area contributed by atoms with Crippen molar-refractivity contribution in [1.82, 2.24) is 5.43 Å². The predicted molar refractivity (Wildman–Crippen MR) is 67.5 cm³/mol. The summed E-state index contributed by atoms with van der Waals surface area (Å²) in [5.41, 5.74) is 10.3. The lowest BCUT2D eigenvalue weighted by Gasteiger charge is -2.03. The van der Waals surface area contributed by atoms with Crippen LogP contribution in [0, 0.1) is 0 Å². The summed E-state index contributed by atoms with van der Waals surface area (Å²) in [6.45, 7) is 2.78. The average Bonchev–Trinajstić information content (AvgIpc) is 2.13. The first-order valence-electron chi connectivity index (χ1n) is 4.15. The van der Waals surface area contributed by atoms with Crippen LogP contribution in [0.25, 0.3) is 0 Å². The van der Waals surface area contributed by atoms with Crippen LogP contribution >= 0.6 is 31.9 Å². The first kappa shape index (κ1) is 11.5. The fraction of sp³-hybridized carbons (Fsp3) is 0.222. The van der Waals surface area contributed by atoms with Crippen LogP contribution in [0.1, 0.15) is 12.5 Å². The highest BCUT2D eigenvalue weighted by Crippen LogP contribution is 2.26. The molecule has 14 heavy (non-hydrogen) atoms. The lowest BCUT2D eigenvalue weighted by Crippen LogP contribution is -2.04. The predicted octanol–water partition coefficient (Wildman–Crippen LogP) is 2.74. The topological polar surface area (TPSA) is 50.4 Å². The van der Waals surface area contributed by atoms with Gasteiger partial charge in [0.2, 0.25) is 0 Å². The molecule has 0 aliphatic rings. The van der Waals surface area contributed by atoms with E-state index in [1.807, 2.05) is 19.1 Å². The zero-order valence-corrected chi connectivity index (χ0v) is 10.9. The largest absolute Gasteiger partial charge is 0.397 e. The maximum absolute atomic E-state index is 5.85. The van der Waals surface area contributed by atoms with Crippen LogP contribution in [0.3, 0.4) is 0 Å². The number of nitrogens with zero attached hydrogens (tertiary/aromatic N) is 1. The van der Waals surface area contributed by atoms with Crippen LogP contribution in [0.4, 0.5) is 5.69 Å². The monoisotopic (exact) mass is 319 g/mol. The number of hydrazone groups is 1. The molecule has 76 valence electrons. The normalized spacial score (nSPS) is 10.8. The molecule has 0 unspecified atom stereocenters. The number of hydrogen-bond acceptors (Lipinski definition) is 3. The van der Waals surface area contributed by atoms with Gasteiger partial charge in [-0.05, 0) is 35.0 Å². The lowest BCUT2D eigenvalue weighted by molar-refractivity contribution is 0.788. The fourth-order valence-electron chi connectivity index (χ4n) is 0.918. The maximum Gasteiger partial charge on any atom is 0.0561 e. The Bertz CT molecular complexity index is 350. The molecule has 0 aliphatic heterocycles. The van der Waals surface area contributed by atoms with E-state index in [2.05, 4.69) is 42.4 Å². The van der Waals surface area contributed by atoms with Gasteiger partial charge in [0.25, 0.3) is 0 Å². The molecular weight excluding hydrogens is 310 g/mol. The molecule has 5 heteroatoms. The van der Waals surface area contributed by atoms with Crippen molar-refractivity contribution in [2.45, 2.75) is 6.92 Å². The number of anilines is 1. The molecule has 0 heterocycles. The molecule has 0 spiro atoms. The van der Waals surface area contributed by atoms with Gasteiger partial charge in [0.05, 0.1) is 11.9 Å². The van der Waals surface area contributed by atoms with E-state index in [1.54, 1.807) is 6.21 Å². The van der Waals surface area contributed by atoms with Gasteiger partial charge in [-0.1, -0.05) is 15.9 Å². The Morgan fingerprint density at radius 1 is 1.50 bits per heavy atom. The molecule has 3 nitrogen and oxygen atoms in total. The second kappa shape index (κ2) is 5.36. The summed E-state index contributed by atoms with van der Waals surface area (Å²) < 4.78 is 1.83. The second-order valence-corrected chi connectivity index (χ2v) is 4.43. The third-order valence-electron chi connectivity index (χ3n) is 1.58. The molecule has 0 atom stereocenters. The number of nitrogens with two attached hydrogens (primary N) is 1. The molecule has 3 N–H and O–H groups in total. The molecule has 0 radical (unpaired) electrons. The summed E-state index contributed by atoms with van der Waals surface area (Å²) in [7, 11) is 0. The summed E-state index contributed by atoms with van der Waals surface area (Å²) in [5.74, 6) is 0. The van der Waals surface area contributed by atoms with Crippen molar-refractivity contribution in [2.24, 2.45) is 5.10 Å². The highest BCUT2D eigenvalue weighted by molar-refractivity contribution is 9.11. The number of nitrogen functional groups attached to an aromatic ring is 1. The number of rotatable bonds is 3. The molecule has 1 aromatic rings. The lowest BCUT2D eigenvalue weighted by atomic mass is 10.2. The van der Waals surface area contributed by atoms with Crippen LogP contribution in [-0.4, -0.2) is 12.8 Å². The van der Waals surface area contributed by atoms with Crippen LogP contribution in [0.5, 0.6) is 0 Å². The van der Waals surface area contributed by atoms with Crippen molar-refractivity contribution >= 4 is 43.8 Å². The minimum atomic E-state index is 0.690. The highest BCUT2D eigenvalue weighted by atomic mass is 79.9. The van der Waals surface area contributed by atoms with Gasteiger partial charge in [0, 0.05) is 21.1 Å². The standard InChI is InChI=1S/C9H11Br2N3/c1-2-13-14-5-6-3-7(10)4-8(11)9(6)12/h3-5,13H,2,12H2,1H3.